The maximum absolute atomic E-state index is 9.37. The number of likely N-dealkylation sites (N-methyl/N-ethyl adjacent to an activating group) is 1. The number of nitrogens with zero attached hydrogens (tertiary/aromatic N) is 1. The Morgan fingerprint density at radius 2 is 2.11 bits per heavy atom. The maximum atomic E-state index is 9.37. The summed E-state index contributed by atoms with van der Waals surface area (Å²) in [5.41, 5.74) is -0.691. The van der Waals surface area contributed by atoms with Crippen molar-refractivity contribution in [3.63, 3.8) is 0 Å². The van der Waals surface area contributed by atoms with Crippen molar-refractivity contribution in [3.8, 4) is 11.8 Å². The van der Waals surface area contributed by atoms with E-state index in [1.807, 2.05) is 11.9 Å². The molecule has 0 amide bonds. The van der Waals surface area contributed by atoms with Crippen LogP contribution in [0, 0.1) is 11.8 Å². The molecule has 0 aliphatic carbocycles. The molecule has 0 aromatic rings. The highest BCUT2D eigenvalue weighted by atomic mass is 16.3. The second kappa shape index (κ2) is 2.02. The molecular weight excluding hydrogens is 114 g/mol. The highest BCUT2D eigenvalue weighted by Gasteiger charge is 2.36. The zero-order valence-electron chi connectivity index (χ0n) is 5.81. The molecule has 9 heavy (non-hydrogen) atoms. The number of rotatable bonds is 0. The zero-order valence-corrected chi connectivity index (χ0v) is 5.81. The number of hydrogen-bond acceptors (Lipinski definition) is 2. The van der Waals surface area contributed by atoms with Gasteiger partial charge < -0.3 is 5.11 Å². The number of likely N-dealkylation sites (tertiary alicyclic amines) is 1. The normalized spacial score (nSPS) is 23.9. The molecule has 1 rings (SSSR count). The van der Waals surface area contributed by atoms with Crippen molar-refractivity contribution >= 4 is 0 Å². The average Bonchev–Trinajstić information content (AvgIpc) is 1.62. The van der Waals surface area contributed by atoms with Crippen LogP contribution >= 0.6 is 0 Å². The van der Waals surface area contributed by atoms with Gasteiger partial charge in [-0.25, -0.2) is 0 Å². The Morgan fingerprint density at radius 1 is 1.56 bits per heavy atom. The summed E-state index contributed by atoms with van der Waals surface area (Å²) < 4.78 is 0. The van der Waals surface area contributed by atoms with Crippen LogP contribution in [0.1, 0.15) is 6.92 Å². The van der Waals surface area contributed by atoms with Crippen LogP contribution in [0.2, 0.25) is 0 Å². The monoisotopic (exact) mass is 125 g/mol. The maximum Gasteiger partial charge on any atom is 0.150 e. The SMILES string of the molecule is CC#CC1(O)CN(C)C1. The molecule has 2 nitrogen and oxygen atoms in total. The van der Waals surface area contributed by atoms with Crippen LogP contribution in [0.25, 0.3) is 0 Å². The van der Waals surface area contributed by atoms with Crippen LogP contribution in [-0.4, -0.2) is 35.7 Å². The molecule has 2 heteroatoms. The van der Waals surface area contributed by atoms with Crippen LogP contribution in [0.5, 0.6) is 0 Å². The largest absolute Gasteiger partial charge is 0.375 e. The quantitative estimate of drug-likeness (QED) is 0.449. The van der Waals surface area contributed by atoms with E-state index in [0.717, 1.165) is 0 Å². The van der Waals surface area contributed by atoms with E-state index in [1.165, 1.54) is 0 Å². The minimum absolute atomic E-state index is 0.688. The van der Waals surface area contributed by atoms with Gasteiger partial charge in [-0.05, 0) is 14.0 Å². The van der Waals surface area contributed by atoms with Crippen LogP contribution in [0.3, 0.4) is 0 Å². The first-order valence-electron chi connectivity index (χ1n) is 3.01. The lowest BCUT2D eigenvalue weighted by atomic mass is 9.96. The molecule has 1 N–H and O–H groups in total. The van der Waals surface area contributed by atoms with Gasteiger partial charge >= 0.3 is 0 Å². The third kappa shape index (κ3) is 1.24. The molecule has 1 aliphatic heterocycles. The molecule has 0 aromatic heterocycles. The number of hydrogen-bond donors (Lipinski definition) is 1. The minimum Gasteiger partial charge on any atom is -0.375 e. The second-order valence-electron chi connectivity index (χ2n) is 2.58. The first kappa shape index (κ1) is 6.60. The van der Waals surface area contributed by atoms with Crippen molar-refractivity contribution in [2.75, 3.05) is 20.1 Å². The van der Waals surface area contributed by atoms with Gasteiger partial charge in [0.25, 0.3) is 0 Å². The molecule has 0 radical (unpaired) electrons. The van der Waals surface area contributed by atoms with E-state index in [0.29, 0.717) is 13.1 Å². The zero-order chi connectivity index (χ0) is 6.91. The van der Waals surface area contributed by atoms with Crippen molar-refractivity contribution in [2.24, 2.45) is 0 Å². The van der Waals surface area contributed by atoms with E-state index in [-0.39, 0.29) is 0 Å². The Kier molecular flexibility index (Phi) is 1.48. The van der Waals surface area contributed by atoms with Crippen molar-refractivity contribution in [1.29, 1.82) is 0 Å². The Hall–Kier alpha value is -0.520. The topological polar surface area (TPSA) is 23.5 Å². The fourth-order valence-electron chi connectivity index (χ4n) is 1.16. The molecule has 50 valence electrons. The third-order valence-electron chi connectivity index (χ3n) is 1.42. The van der Waals surface area contributed by atoms with Crippen LogP contribution in [0.4, 0.5) is 0 Å². The molecule has 0 bridgehead atoms. The van der Waals surface area contributed by atoms with E-state index in [9.17, 15) is 5.11 Å². The van der Waals surface area contributed by atoms with Crippen molar-refractivity contribution in [3.05, 3.63) is 0 Å². The molecule has 0 spiro atoms. The lowest BCUT2D eigenvalue weighted by molar-refractivity contribution is -0.0388. The lowest BCUT2D eigenvalue weighted by Crippen LogP contribution is -2.59. The smallest absolute Gasteiger partial charge is 0.150 e. The van der Waals surface area contributed by atoms with Gasteiger partial charge in [-0.15, -0.1) is 5.92 Å². The fraction of sp³-hybridized carbons (Fsp3) is 0.714. The molecule has 0 unspecified atom stereocenters. The van der Waals surface area contributed by atoms with Gasteiger partial charge in [0, 0.05) is 13.1 Å². The summed E-state index contributed by atoms with van der Waals surface area (Å²) >= 11 is 0. The van der Waals surface area contributed by atoms with Gasteiger partial charge in [0.1, 0.15) is 0 Å². The average molecular weight is 125 g/mol. The standard InChI is InChI=1S/C7H11NO/c1-3-4-7(9)5-8(2)6-7/h9H,5-6H2,1-2H3. The highest BCUT2D eigenvalue weighted by molar-refractivity contribution is 5.18. The van der Waals surface area contributed by atoms with Crippen LogP contribution in [0.15, 0.2) is 0 Å². The van der Waals surface area contributed by atoms with Gasteiger partial charge in [-0.1, -0.05) is 5.92 Å². The minimum atomic E-state index is -0.691. The van der Waals surface area contributed by atoms with Crippen molar-refractivity contribution < 1.29 is 5.11 Å². The predicted molar refractivity (Wildman–Crippen MR) is 35.9 cm³/mol. The van der Waals surface area contributed by atoms with Crippen molar-refractivity contribution in [2.45, 2.75) is 12.5 Å². The van der Waals surface area contributed by atoms with Crippen LogP contribution in [-0.2, 0) is 0 Å². The molecule has 1 fully saturated rings. The second-order valence-corrected chi connectivity index (χ2v) is 2.58. The number of β-amino-alcohol motifs (C(OH)–C–C–N with tert-alkyl or cyclic N) is 1. The molecular formula is C7H11NO. The van der Waals surface area contributed by atoms with Crippen molar-refractivity contribution in [1.82, 2.24) is 4.90 Å². The van der Waals surface area contributed by atoms with Gasteiger partial charge in [0.15, 0.2) is 5.60 Å². The van der Waals surface area contributed by atoms with Gasteiger partial charge in [-0.3, -0.25) is 4.90 Å². The predicted octanol–water partition coefficient (Wildman–Crippen LogP) is -0.314. The molecule has 1 heterocycles. The Morgan fingerprint density at radius 3 is 2.44 bits per heavy atom. The molecule has 1 aliphatic rings. The van der Waals surface area contributed by atoms with Crippen LogP contribution < -0.4 is 0 Å². The molecule has 0 saturated carbocycles. The summed E-state index contributed by atoms with van der Waals surface area (Å²) in [4.78, 5) is 2.03. The highest BCUT2D eigenvalue weighted by Crippen LogP contribution is 2.16. The van der Waals surface area contributed by atoms with E-state index < -0.39 is 5.60 Å². The summed E-state index contributed by atoms with van der Waals surface area (Å²) in [6.07, 6.45) is 0. The number of aliphatic hydroxyl groups is 1. The Bertz CT molecular complexity index is 159. The van der Waals surface area contributed by atoms with E-state index in [2.05, 4.69) is 11.8 Å². The van der Waals surface area contributed by atoms with Gasteiger partial charge in [0.2, 0.25) is 0 Å². The first-order valence-corrected chi connectivity index (χ1v) is 3.01. The summed E-state index contributed by atoms with van der Waals surface area (Å²) in [5.74, 6) is 5.46. The molecule has 0 aromatic carbocycles. The molecule has 1 saturated heterocycles. The van der Waals surface area contributed by atoms with E-state index in [1.54, 1.807) is 6.92 Å². The summed E-state index contributed by atoms with van der Waals surface area (Å²) in [7, 11) is 1.96. The Balaban J connectivity index is 2.47. The summed E-state index contributed by atoms with van der Waals surface area (Å²) in [5, 5.41) is 9.37. The fourth-order valence-corrected chi connectivity index (χ4v) is 1.16. The Labute approximate surface area is 55.5 Å². The van der Waals surface area contributed by atoms with Gasteiger partial charge in [-0.2, -0.15) is 0 Å². The summed E-state index contributed by atoms with van der Waals surface area (Å²) in [6.45, 7) is 3.12. The van der Waals surface area contributed by atoms with Gasteiger partial charge in [0.05, 0.1) is 0 Å². The molecule has 0 atom stereocenters. The lowest BCUT2D eigenvalue weighted by Gasteiger charge is -2.40. The first-order chi connectivity index (χ1) is 4.16. The van der Waals surface area contributed by atoms with E-state index in [4.69, 9.17) is 0 Å². The third-order valence-corrected chi connectivity index (χ3v) is 1.42. The van der Waals surface area contributed by atoms with E-state index >= 15 is 0 Å². The summed E-state index contributed by atoms with van der Waals surface area (Å²) in [6, 6.07) is 0.